The number of thiophene rings is 1. The molecule has 2 N–H and O–H groups in total. The van der Waals surface area contributed by atoms with Crippen LogP contribution in [0.1, 0.15) is 9.67 Å². The SMILES string of the molecule is O=C(O)c1sc2c(O)cccc2c1S. The molecule has 2 aromatic rings. The van der Waals surface area contributed by atoms with E-state index in [0.29, 0.717) is 15.0 Å². The van der Waals surface area contributed by atoms with E-state index in [2.05, 4.69) is 12.6 Å². The molecule has 1 aromatic heterocycles. The van der Waals surface area contributed by atoms with E-state index < -0.39 is 5.97 Å². The second-order valence-corrected chi connectivity index (χ2v) is 4.21. The van der Waals surface area contributed by atoms with Gasteiger partial charge in [0.1, 0.15) is 10.6 Å². The van der Waals surface area contributed by atoms with E-state index in [1.807, 2.05) is 0 Å². The average molecular weight is 226 g/mol. The number of thiol groups is 1. The minimum absolute atomic E-state index is 0.0929. The van der Waals surface area contributed by atoms with E-state index in [9.17, 15) is 9.90 Å². The molecular formula is C9H6O3S2. The van der Waals surface area contributed by atoms with Gasteiger partial charge in [0, 0.05) is 10.3 Å². The number of rotatable bonds is 1. The Balaban J connectivity index is 2.86. The van der Waals surface area contributed by atoms with Crippen molar-refractivity contribution >= 4 is 40.0 Å². The Labute approximate surface area is 89.0 Å². The van der Waals surface area contributed by atoms with E-state index in [0.717, 1.165) is 11.3 Å². The van der Waals surface area contributed by atoms with E-state index in [4.69, 9.17) is 5.11 Å². The second kappa shape index (κ2) is 3.18. The van der Waals surface area contributed by atoms with Crippen LogP contribution in [0.15, 0.2) is 23.1 Å². The highest BCUT2D eigenvalue weighted by Crippen LogP contribution is 2.38. The zero-order chi connectivity index (χ0) is 10.3. The van der Waals surface area contributed by atoms with Crippen molar-refractivity contribution in [1.29, 1.82) is 0 Å². The number of aromatic carboxylic acids is 1. The minimum atomic E-state index is -1.02. The van der Waals surface area contributed by atoms with Crippen molar-refractivity contribution in [3.8, 4) is 5.75 Å². The van der Waals surface area contributed by atoms with Crippen LogP contribution in [-0.4, -0.2) is 16.2 Å². The van der Waals surface area contributed by atoms with Gasteiger partial charge in [0.2, 0.25) is 0 Å². The number of hydrogen-bond donors (Lipinski definition) is 3. The molecule has 0 fully saturated rings. The van der Waals surface area contributed by atoms with Gasteiger partial charge in [-0.25, -0.2) is 4.79 Å². The van der Waals surface area contributed by atoms with Crippen molar-refractivity contribution in [3.05, 3.63) is 23.1 Å². The largest absolute Gasteiger partial charge is 0.506 e. The fraction of sp³-hybridized carbons (Fsp3) is 0. The maximum absolute atomic E-state index is 10.8. The molecule has 0 amide bonds. The van der Waals surface area contributed by atoms with Crippen molar-refractivity contribution < 1.29 is 15.0 Å². The average Bonchev–Trinajstić information content (AvgIpc) is 2.46. The zero-order valence-corrected chi connectivity index (χ0v) is 8.60. The van der Waals surface area contributed by atoms with Gasteiger partial charge in [-0.15, -0.1) is 24.0 Å². The fourth-order valence-electron chi connectivity index (χ4n) is 1.24. The third-order valence-corrected chi connectivity index (χ3v) is 3.69. The highest BCUT2D eigenvalue weighted by atomic mass is 32.1. The van der Waals surface area contributed by atoms with Crippen LogP contribution in [0.25, 0.3) is 10.1 Å². The van der Waals surface area contributed by atoms with Gasteiger partial charge in [0.15, 0.2) is 0 Å². The van der Waals surface area contributed by atoms with Crippen LogP contribution in [-0.2, 0) is 0 Å². The van der Waals surface area contributed by atoms with Crippen LogP contribution in [0.4, 0.5) is 0 Å². The molecule has 0 saturated carbocycles. The standard InChI is InChI=1S/C9H6O3S2/c10-5-3-1-2-4-6(13)8(9(11)12)14-7(4)5/h1-3,10,13H,(H,11,12). The molecule has 3 nitrogen and oxygen atoms in total. The van der Waals surface area contributed by atoms with Gasteiger partial charge in [-0.05, 0) is 6.07 Å². The number of hydrogen-bond acceptors (Lipinski definition) is 4. The molecule has 0 atom stereocenters. The number of aromatic hydroxyl groups is 1. The Morgan fingerprint density at radius 2 is 2.14 bits per heavy atom. The predicted octanol–water partition coefficient (Wildman–Crippen LogP) is 2.59. The van der Waals surface area contributed by atoms with Gasteiger partial charge < -0.3 is 10.2 Å². The molecule has 0 radical (unpaired) electrons. The summed E-state index contributed by atoms with van der Waals surface area (Å²) < 4.78 is 0.565. The Kier molecular flexibility index (Phi) is 2.13. The molecule has 1 aromatic carbocycles. The number of fused-ring (bicyclic) bond motifs is 1. The molecule has 5 heteroatoms. The molecule has 0 unspecified atom stereocenters. The summed E-state index contributed by atoms with van der Waals surface area (Å²) in [6.45, 7) is 0. The van der Waals surface area contributed by atoms with E-state index in [1.54, 1.807) is 12.1 Å². The Hall–Kier alpha value is -1.20. The van der Waals surface area contributed by atoms with Gasteiger partial charge in [0.25, 0.3) is 0 Å². The summed E-state index contributed by atoms with van der Waals surface area (Å²) in [6.07, 6.45) is 0. The van der Waals surface area contributed by atoms with E-state index >= 15 is 0 Å². The Morgan fingerprint density at radius 3 is 2.71 bits per heavy atom. The lowest BCUT2D eigenvalue weighted by Crippen LogP contribution is -1.91. The van der Waals surface area contributed by atoms with Gasteiger partial charge >= 0.3 is 5.97 Å². The van der Waals surface area contributed by atoms with Crippen LogP contribution >= 0.6 is 24.0 Å². The first-order valence-corrected chi connectivity index (χ1v) is 5.04. The highest BCUT2D eigenvalue weighted by molar-refractivity contribution is 7.81. The summed E-state index contributed by atoms with van der Waals surface area (Å²) in [5, 5.41) is 19.0. The van der Waals surface area contributed by atoms with Crippen molar-refractivity contribution in [3.63, 3.8) is 0 Å². The molecule has 0 bridgehead atoms. The predicted molar refractivity (Wildman–Crippen MR) is 57.7 cm³/mol. The number of carboxylic acids is 1. The zero-order valence-electron chi connectivity index (χ0n) is 6.89. The number of phenolic OH excluding ortho intramolecular Hbond substituents is 1. The summed E-state index contributed by atoms with van der Waals surface area (Å²) >= 11 is 5.15. The van der Waals surface area contributed by atoms with E-state index in [1.165, 1.54) is 6.07 Å². The van der Waals surface area contributed by atoms with Crippen molar-refractivity contribution in [2.24, 2.45) is 0 Å². The third-order valence-electron chi connectivity index (χ3n) is 1.86. The molecular weight excluding hydrogens is 220 g/mol. The molecule has 0 aliphatic carbocycles. The highest BCUT2D eigenvalue weighted by Gasteiger charge is 2.16. The molecule has 2 rings (SSSR count). The van der Waals surface area contributed by atoms with Crippen LogP contribution in [0, 0.1) is 0 Å². The molecule has 72 valence electrons. The topological polar surface area (TPSA) is 57.5 Å². The third kappa shape index (κ3) is 1.25. The Bertz CT molecular complexity index is 516. The van der Waals surface area contributed by atoms with E-state index in [-0.39, 0.29) is 10.6 Å². The van der Waals surface area contributed by atoms with Gasteiger partial charge in [-0.2, -0.15) is 0 Å². The smallest absolute Gasteiger partial charge is 0.347 e. The van der Waals surface area contributed by atoms with Gasteiger partial charge in [-0.1, -0.05) is 12.1 Å². The molecule has 0 aliphatic rings. The quantitative estimate of drug-likeness (QED) is 0.655. The molecule has 14 heavy (non-hydrogen) atoms. The van der Waals surface area contributed by atoms with Gasteiger partial charge in [0.05, 0.1) is 4.70 Å². The summed E-state index contributed by atoms with van der Waals surface area (Å²) in [6, 6.07) is 4.92. The number of carbonyl (C=O) groups is 1. The molecule has 1 heterocycles. The maximum atomic E-state index is 10.8. The lowest BCUT2D eigenvalue weighted by molar-refractivity contribution is 0.0699. The second-order valence-electron chi connectivity index (χ2n) is 2.74. The molecule has 0 spiro atoms. The summed E-state index contributed by atoms with van der Waals surface area (Å²) in [7, 11) is 0. The lowest BCUT2D eigenvalue weighted by Gasteiger charge is -1.92. The fourth-order valence-corrected chi connectivity index (χ4v) is 2.68. The first-order valence-electron chi connectivity index (χ1n) is 3.78. The molecule has 0 saturated heterocycles. The monoisotopic (exact) mass is 226 g/mol. The van der Waals surface area contributed by atoms with Crippen molar-refractivity contribution in [2.75, 3.05) is 0 Å². The normalized spacial score (nSPS) is 10.6. The van der Waals surface area contributed by atoms with Crippen LogP contribution < -0.4 is 0 Å². The number of phenols is 1. The van der Waals surface area contributed by atoms with Crippen LogP contribution in [0.2, 0.25) is 0 Å². The number of benzene rings is 1. The molecule has 0 aliphatic heterocycles. The van der Waals surface area contributed by atoms with Crippen molar-refractivity contribution in [1.82, 2.24) is 0 Å². The van der Waals surface area contributed by atoms with Crippen molar-refractivity contribution in [2.45, 2.75) is 4.90 Å². The minimum Gasteiger partial charge on any atom is -0.506 e. The Morgan fingerprint density at radius 1 is 1.43 bits per heavy atom. The summed E-state index contributed by atoms with van der Waals surface area (Å²) in [4.78, 5) is 11.4. The maximum Gasteiger partial charge on any atom is 0.347 e. The summed E-state index contributed by atoms with van der Waals surface area (Å²) in [5.41, 5.74) is 0. The number of carboxylic acid groups (broad SMARTS) is 1. The lowest BCUT2D eigenvalue weighted by atomic mass is 10.2. The first-order chi connectivity index (χ1) is 6.61. The van der Waals surface area contributed by atoms with Gasteiger partial charge in [-0.3, -0.25) is 0 Å². The van der Waals surface area contributed by atoms with Crippen LogP contribution in [0.3, 0.4) is 0 Å². The first kappa shape index (κ1) is 9.36. The van der Waals surface area contributed by atoms with Crippen LogP contribution in [0.5, 0.6) is 5.75 Å². The summed E-state index contributed by atoms with van der Waals surface area (Å²) in [5.74, 6) is -0.925.